The molecule has 1 heterocycles. The minimum atomic E-state index is -1.00. The molecule has 0 N–H and O–H groups in total. The Labute approximate surface area is 144 Å². The molecule has 1 aromatic heterocycles. The van der Waals surface area contributed by atoms with Gasteiger partial charge in [0.2, 0.25) is 0 Å². The van der Waals surface area contributed by atoms with Gasteiger partial charge in [-0.15, -0.1) is 11.3 Å². The Hall–Kier alpha value is -2.52. The largest absolute Gasteiger partial charge is 0.454 e. The highest BCUT2D eigenvalue weighted by atomic mass is 32.1. The Kier molecular flexibility index (Phi) is 5.83. The van der Waals surface area contributed by atoms with E-state index in [-0.39, 0.29) is 0 Å². The van der Waals surface area contributed by atoms with Gasteiger partial charge in [-0.25, -0.2) is 9.78 Å². The molecule has 124 valence electrons. The number of Topliss-reactive ketones (excluding diaryl/α,β-unsaturated/α-hetero) is 1. The summed E-state index contributed by atoms with van der Waals surface area (Å²) in [5, 5.41) is 11.4. The van der Waals surface area contributed by atoms with Crippen LogP contribution in [0.1, 0.15) is 52.3 Å². The SMILES string of the molecule is Cc1csc([C@H](C#N)C(=O)COC(=O)c2ccc(C(C)C)cc2)n1. The second kappa shape index (κ2) is 7.84. The number of nitriles is 1. The fourth-order valence-corrected chi connectivity index (χ4v) is 2.94. The summed E-state index contributed by atoms with van der Waals surface area (Å²) >= 11 is 1.25. The van der Waals surface area contributed by atoms with Gasteiger partial charge >= 0.3 is 5.97 Å². The van der Waals surface area contributed by atoms with Crippen molar-refractivity contribution in [2.75, 3.05) is 6.61 Å². The maximum atomic E-state index is 12.1. The number of rotatable bonds is 6. The Morgan fingerprint density at radius 2 is 1.96 bits per heavy atom. The number of thiazole rings is 1. The fraction of sp³-hybridized carbons (Fsp3) is 0.333. The van der Waals surface area contributed by atoms with E-state index in [1.165, 1.54) is 11.3 Å². The number of aromatic nitrogens is 1. The van der Waals surface area contributed by atoms with Crippen LogP contribution < -0.4 is 0 Å². The molecule has 0 aliphatic rings. The van der Waals surface area contributed by atoms with Gasteiger partial charge in [0.15, 0.2) is 18.3 Å². The van der Waals surface area contributed by atoms with Crippen molar-refractivity contribution < 1.29 is 14.3 Å². The van der Waals surface area contributed by atoms with E-state index >= 15 is 0 Å². The first-order valence-electron chi connectivity index (χ1n) is 7.53. The molecule has 0 saturated carbocycles. The lowest BCUT2D eigenvalue weighted by atomic mass is 10.0. The molecule has 0 spiro atoms. The quantitative estimate of drug-likeness (QED) is 0.749. The molecule has 5 nitrogen and oxygen atoms in total. The van der Waals surface area contributed by atoms with Gasteiger partial charge in [0.1, 0.15) is 5.01 Å². The minimum Gasteiger partial charge on any atom is -0.454 e. The van der Waals surface area contributed by atoms with E-state index in [0.29, 0.717) is 16.5 Å². The first-order valence-corrected chi connectivity index (χ1v) is 8.41. The summed E-state index contributed by atoms with van der Waals surface area (Å²) in [7, 11) is 0. The van der Waals surface area contributed by atoms with Crippen LogP contribution in [-0.2, 0) is 9.53 Å². The van der Waals surface area contributed by atoms with Crippen LogP contribution in [0.15, 0.2) is 29.6 Å². The number of carbonyl (C=O) groups excluding carboxylic acids is 2. The van der Waals surface area contributed by atoms with Crippen molar-refractivity contribution in [3.05, 3.63) is 51.5 Å². The second-order valence-electron chi connectivity index (χ2n) is 5.71. The Balaban J connectivity index is 1.97. The lowest BCUT2D eigenvalue weighted by Crippen LogP contribution is -2.20. The van der Waals surface area contributed by atoms with Gasteiger partial charge in [0, 0.05) is 11.1 Å². The van der Waals surface area contributed by atoms with Crippen molar-refractivity contribution in [1.29, 1.82) is 5.26 Å². The minimum absolute atomic E-state index is 0.370. The number of nitrogens with zero attached hydrogens (tertiary/aromatic N) is 2. The van der Waals surface area contributed by atoms with Crippen LogP contribution in [-0.4, -0.2) is 23.3 Å². The third-order valence-corrected chi connectivity index (χ3v) is 4.52. The van der Waals surface area contributed by atoms with Crippen molar-refractivity contribution in [3.63, 3.8) is 0 Å². The van der Waals surface area contributed by atoms with Crippen molar-refractivity contribution in [2.24, 2.45) is 0 Å². The van der Waals surface area contributed by atoms with Gasteiger partial charge in [-0.3, -0.25) is 4.79 Å². The predicted molar refractivity (Wildman–Crippen MR) is 91.0 cm³/mol. The molecular weight excluding hydrogens is 324 g/mol. The molecule has 24 heavy (non-hydrogen) atoms. The number of hydrogen-bond donors (Lipinski definition) is 0. The molecule has 1 aromatic carbocycles. The Bertz CT molecular complexity index is 772. The average Bonchev–Trinajstić information content (AvgIpc) is 2.99. The number of aryl methyl sites for hydroxylation is 1. The zero-order valence-electron chi connectivity index (χ0n) is 13.8. The topological polar surface area (TPSA) is 80.0 Å². The smallest absolute Gasteiger partial charge is 0.338 e. The number of esters is 1. The maximum absolute atomic E-state index is 12.1. The third-order valence-electron chi connectivity index (χ3n) is 3.49. The summed E-state index contributed by atoms with van der Waals surface area (Å²) in [5.74, 6) is -1.68. The predicted octanol–water partition coefficient (Wildman–Crippen LogP) is 3.61. The summed E-state index contributed by atoms with van der Waals surface area (Å²) in [4.78, 5) is 28.3. The van der Waals surface area contributed by atoms with Crippen LogP contribution in [0, 0.1) is 18.3 Å². The van der Waals surface area contributed by atoms with E-state index in [4.69, 9.17) is 4.74 Å². The molecule has 0 unspecified atom stereocenters. The normalized spacial score (nSPS) is 11.8. The Morgan fingerprint density at radius 3 is 2.46 bits per heavy atom. The first kappa shape index (κ1) is 17.8. The third kappa shape index (κ3) is 4.27. The summed E-state index contributed by atoms with van der Waals surface area (Å²) in [6.07, 6.45) is 0. The van der Waals surface area contributed by atoms with Crippen LogP contribution in [0.5, 0.6) is 0 Å². The number of ether oxygens (including phenoxy) is 1. The molecule has 0 aliphatic heterocycles. The van der Waals surface area contributed by atoms with Gasteiger partial charge in [-0.1, -0.05) is 26.0 Å². The van der Waals surface area contributed by atoms with Crippen molar-refractivity contribution in [1.82, 2.24) is 4.98 Å². The number of ketones is 1. The molecule has 0 bridgehead atoms. The van der Waals surface area contributed by atoms with Crippen molar-refractivity contribution in [2.45, 2.75) is 32.6 Å². The maximum Gasteiger partial charge on any atom is 0.338 e. The zero-order chi connectivity index (χ0) is 17.7. The Morgan fingerprint density at radius 1 is 1.29 bits per heavy atom. The average molecular weight is 342 g/mol. The first-order chi connectivity index (χ1) is 11.4. The van der Waals surface area contributed by atoms with Gasteiger partial charge in [-0.05, 0) is 30.5 Å². The van der Waals surface area contributed by atoms with E-state index in [2.05, 4.69) is 18.8 Å². The summed E-state index contributed by atoms with van der Waals surface area (Å²) < 4.78 is 5.04. The van der Waals surface area contributed by atoms with E-state index in [9.17, 15) is 14.9 Å². The van der Waals surface area contributed by atoms with E-state index in [0.717, 1.165) is 11.3 Å². The molecule has 0 saturated heterocycles. The van der Waals surface area contributed by atoms with Crippen LogP contribution in [0.4, 0.5) is 0 Å². The van der Waals surface area contributed by atoms with Gasteiger partial charge < -0.3 is 4.74 Å². The van der Waals surface area contributed by atoms with Crippen LogP contribution in [0.3, 0.4) is 0 Å². The molecule has 2 rings (SSSR count). The van der Waals surface area contributed by atoms with E-state index in [1.54, 1.807) is 24.4 Å². The molecule has 0 aliphatic carbocycles. The molecule has 0 radical (unpaired) electrons. The number of hydrogen-bond acceptors (Lipinski definition) is 6. The number of carbonyl (C=O) groups is 2. The standard InChI is InChI=1S/C18H18N2O3S/c1-11(2)13-4-6-14(7-5-13)18(22)23-9-16(21)15(8-19)17-20-12(3)10-24-17/h4-7,10-11,15H,9H2,1-3H3/t15-/m1/s1. The highest BCUT2D eigenvalue weighted by Crippen LogP contribution is 2.21. The van der Waals surface area contributed by atoms with E-state index in [1.807, 2.05) is 18.2 Å². The van der Waals surface area contributed by atoms with Crippen LogP contribution in [0.2, 0.25) is 0 Å². The van der Waals surface area contributed by atoms with E-state index < -0.39 is 24.3 Å². The molecule has 1 atom stereocenters. The van der Waals surface area contributed by atoms with Crippen LogP contribution in [0.25, 0.3) is 0 Å². The van der Waals surface area contributed by atoms with Gasteiger partial charge in [0.05, 0.1) is 11.6 Å². The summed E-state index contributed by atoms with van der Waals surface area (Å²) in [6, 6.07) is 8.99. The second-order valence-corrected chi connectivity index (χ2v) is 6.60. The summed E-state index contributed by atoms with van der Waals surface area (Å²) in [6.45, 7) is 5.48. The monoisotopic (exact) mass is 342 g/mol. The highest BCUT2D eigenvalue weighted by Gasteiger charge is 2.24. The van der Waals surface area contributed by atoms with Gasteiger partial charge in [0.25, 0.3) is 0 Å². The molecule has 2 aromatic rings. The van der Waals surface area contributed by atoms with Gasteiger partial charge in [-0.2, -0.15) is 5.26 Å². The molecule has 6 heteroatoms. The molecule has 0 fully saturated rings. The molecular formula is C18H18N2O3S. The number of benzene rings is 1. The molecule has 0 amide bonds. The van der Waals surface area contributed by atoms with Crippen molar-refractivity contribution in [3.8, 4) is 6.07 Å². The van der Waals surface area contributed by atoms with Crippen molar-refractivity contribution >= 4 is 23.1 Å². The fourth-order valence-electron chi connectivity index (χ4n) is 2.08. The zero-order valence-corrected chi connectivity index (χ0v) is 14.6. The lowest BCUT2D eigenvalue weighted by Gasteiger charge is -2.08. The lowest BCUT2D eigenvalue weighted by molar-refractivity contribution is -0.122. The summed E-state index contributed by atoms with van der Waals surface area (Å²) in [5.41, 5.74) is 2.25. The highest BCUT2D eigenvalue weighted by molar-refractivity contribution is 7.09. The van der Waals surface area contributed by atoms with Crippen LogP contribution >= 0.6 is 11.3 Å².